The van der Waals surface area contributed by atoms with E-state index in [1.807, 2.05) is 18.0 Å². The second kappa shape index (κ2) is 8.20. The summed E-state index contributed by atoms with van der Waals surface area (Å²) < 4.78 is 1.80. The van der Waals surface area contributed by atoms with Gasteiger partial charge in [-0.05, 0) is 44.6 Å². The Bertz CT molecular complexity index is 642. The van der Waals surface area contributed by atoms with Crippen molar-refractivity contribution in [1.29, 1.82) is 0 Å². The van der Waals surface area contributed by atoms with Crippen LogP contribution in [0.4, 0.5) is 0 Å². The van der Waals surface area contributed by atoms with Gasteiger partial charge in [-0.25, -0.2) is 0 Å². The SMILES string of the molecule is CCn1cc(C(=O)N2CC3CN[C@H](CCCC(=O)N(C)C)C(C3)C2)cn1. The fourth-order valence-corrected chi connectivity index (χ4v) is 4.20. The molecule has 2 amide bonds. The summed E-state index contributed by atoms with van der Waals surface area (Å²) in [6.07, 6.45) is 7.19. The molecular formula is C19H31N5O2. The Balaban J connectivity index is 1.56. The van der Waals surface area contributed by atoms with Crippen LogP contribution in [-0.2, 0) is 11.3 Å². The number of aryl methyl sites for hydroxylation is 1. The number of nitrogens with zero attached hydrogens (tertiary/aromatic N) is 4. The lowest BCUT2D eigenvalue weighted by molar-refractivity contribution is -0.128. The average molecular weight is 361 g/mol. The summed E-state index contributed by atoms with van der Waals surface area (Å²) in [4.78, 5) is 28.3. The van der Waals surface area contributed by atoms with Gasteiger partial charge in [0, 0.05) is 52.4 Å². The molecule has 1 aromatic heterocycles. The van der Waals surface area contributed by atoms with Crippen molar-refractivity contribution < 1.29 is 9.59 Å². The first-order chi connectivity index (χ1) is 12.5. The quantitative estimate of drug-likeness (QED) is 0.827. The van der Waals surface area contributed by atoms with Crippen LogP contribution in [0.1, 0.15) is 43.0 Å². The molecule has 1 aromatic rings. The number of carbonyl (C=O) groups excluding carboxylic acids is 2. The highest BCUT2D eigenvalue weighted by Gasteiger charge is 2.38. The molecule has 2 unspecified atom stereocenters. The molecule has 0 radical (unpaired) electrons. The van der Waals surface area contributed by atoms with Crippen molar-refractivity contribution in [3.63, 3.8) is 0 Å². The average Bonchev–Trinajstić information content (AvgIpc) is 3.11. The van der Waals surface area contributed by atoms with Gasteiger partial charge in [0.15, 0.2) is 0 Å². The van der Waals surface area contributed by atoms with E-state index in [9.17, 15) is 9.59 Å². The Morgan fingerprint density at radius 2 is 2.15 bits per heavy atom. The van der Waals surface area contributed by atoms with Crippen LogP contribution >= 0.6 is 0 Å². The van der Waals surface area contributed by atoms with Crippen LogP contribution < -0.4 is 5.32 Å². The second-order valence-corrected chi connectivity index (χ2v) is 7.85. The van der Waals surface area contributed by atoms with Crippen LogP contribution in [0.3, 0.4) is 0 Å². The zero-order valence-corrected chi connectivity index (χ0v) is 16.1. The molecule has 2 fully saturated rings. The molecule has 26 heavy (non-hydrogen) atoms. The molecule has 7 heteroatoms. The monoisotopic (exact) mass is 361 g/mol. The summed E-state index contributed by atoms with van der Waals surface area (Å²) in [5.74, 6) is 1.29. The third-order valence-electron chi connectivity index (χ3n) is 5.70. The van der Waals surface area contributed by atoms with Crippen LogP contribution in [0, 0.1) is 11.8 Å². The van der Waals surface area contributed by atoms with Crippen molar-refractivity contribution in [2.24, 2.45) is 11.8 Å². The predicted octanol–water partition coefficient (Wildman–Crippen LogP) is 1.21. The van der Waals surface area contributed by atoms with E-state index in [1.54, 1.807) is 29.9 Å². The lowest BCUT2D eigenvalue weighted by atomic mass is 9.79. The minimum Gasteiger partial charge on any atom is -0.349 e. The van der Waals surface area contributed by atoms with Gasteiger partial charge in [0.1, 0.15) is 0 Å². The second-order valence-electron chi connectivity index (χ2n) is 7.85. The third-order valence-corrected chi connectivity index (χ3v) is 5.70. The van der Waals surface area contributed by atoms with E-state index in [0.717, 1.165) is 39.0 Å². The van der Waals surface area contributed by atoms with E-state index in [4.69, 9.17) is 0 Å². The maximum absolute atomic E-state index is 12.8. The maximum atomic E-state index is 12.8. The van der Waals surface area contributed by atoms with Crippen LogP contribution in [0.5, 0.6) is 0 Å². The Labute approximate surface area is 155 Å². The van der Waals surface area contributed by atoms with E-state index >= 15 is 0 Å². The van der Waals surface area contributed by atoms with Gasteiger partial charge in [-0.1, -0.05) is 0 Å². The lowest BCUT2D eigenvalue weighted by Gasteiger charge is -2.46. The number of hydrogen-bond donors (Lipinski definition) is 1. The van der Waals surface area contributed by atoms with E-state index in [1.165, 1.54) is 6.42 Å². The molecular weight excluding hydrogens is 330 g/mol. The van der Waals surface area contributed by atoms with Crippen molar-refractivity contribution in [3.05, 3.63) is 18.0 Å². The number of aromatic nitrogens is 2. The smallest absolute Gasteiger partial charge is 0.257 e. The fourth-order valence-electron chi connectivity index (χ4n) is 4.20. The summed E-state index contributed by atoms with van der Waals surface area (Å²) in [6, 6.07) is 0.398. The number of nitrogens with one attached hydrogen (secondary N) is 1. The Morgan fingerprint density at radius 3 is 2.85 bits per heavy atom. The summed E-state index contributed by atoms with van der Waals surface area (Å²) in [5.41, 5.74) is 0.688. The first-order valence-electron chi connectivity index (χ1n) is 9.73. The highest BCUT2D eigenvalue weighted by atomic mass is 16.2. The lowest BCUT2D eigenvalue weighted by Crippen LogP contribution is -2.57. The molecule has 0 aliphatic carbocycles. The van der Waals surface area contributed by atoms with Gasteiger partial charge in [0.2, 0.25) is 5.91 Å². The topological polar surface area (TPSA) is 70.5 Å². The molecule has 2 bridgehead atoms. The number of carbonyl (C=O) groups is 2. The zero-order valence-electron chi connectivity index (χ0n) is 16.1. The van der Waals surface area contributed by atoms with Crippen molar-refractivity contribution >= 4 is 11.8 Å². The number of amides is 2. The largest absolute Gasteiger partial charge is 0.349 e. The minimum atomic E-state index is 0.0998. The Hall–Kier alpha value is -1.89. The number of likely N-dealkylation sites (tertiary alicyclic amines) is 1. The summed E-state index contributed by atoms with van der Waals surface area (Å²) in [5, 5.41) is 7.89. The normalized spacial score (nSPS) is 25.2. The number of fused-ring (bicyclic) bond motifs is 2. The minimum absolute atomic E-state index is 0.0998. The molecule has 3 heterocycles. The van der Waals surface area contributed by atoms with Crippen LogP contribution in [-0.4, -0.2) is 71.2 Å². The van der Waals surface area contributed by atoms with Gasteiger partial charge in [-0.15, -0.1) is 0 Å². The van der Waals surface area contributed by atoms with Crippen LogP contribution in [0.25, 0.3) is 0 Å². The molecule has 0 aromatic carbocycles. The molecule has 2 aliphatic heterocycles. The molecule has 3 rings (SSSR count). The summed E-state index contributed by atoms with van der Waals surface area (Å²) in [6.45, 7) is 5.37. The molecule has 3 atom stereocenters. The number of hydrogen-bond acceptors (Lipinski definition) is 4. The Morgan fingerprint density at radius 1 is 1.35 bits per heavy atom. The van der Waals surface area contributed by atoms with Gasteiger partial charge < -0.3 is 15.1 Å². The van der Waals surface area contributed by atoms with Crippen molar-refractivity contribution in [1.82, 2.24) is 24.9 Å². The van der Waals surface area contributed by atoms with Gasteiger partial charge >= 0.3 is 0 Å². The third kappa shape index (κ3) is 4.26. The van der Waals surface area contributed by atoms with Crippen LogP contribution in [0.2, 0.25) is 0 Å². The van der Waals surface area contributed by atoms with Gasteiger partial charge in [0.05, 0.1) is 11.8 Å². The standard InChI is InChI=1S/C19H31N5O2/c1-4-24-13-16(10-21-24)19(26)23-11-14-8-15(12-23)17(20-9-14)6-5-7-18(25)22(2)3/h10,13-15,17,20H,4-9,11-12H2,1-3H3/t14?,15?,17-/m1/s1. The highest BCUT2D eigenvalue weighted by Crippen LogP contribution is 2.31. The number of piperidine rings is 2. The van der Waals surface area contributed by atoms with E-state index in [2.05, 4.69) is 10.4 Å². The van der Waals surface area contributed by atoms with Gasteiger partial charge in [0.25, 0.3) is 5.91 Å². The zero-order chi connectivity index (χ0) is 18.7. The van der Waals surface area contributed by atoms with Gasteiger partial charge in [-0.2, -0.15) is 5.10 Å². The van der Waals surface area contributed by atoms with Crippen molar-refractivity contribution in [2.75, 3.05) is 33.7 Å². The van der Waals surface area contributed by atoms with Gasteiger partial charge in [-0.3, -0.25) is 14.3 Å². The molecule has 2 saturated heterocycles. The van der Waals surface area contributed by atoms with E-state index in [-0.39, 0.29) is 11.8 Å². The first-order valence-corrected chi connectivity index (χ1v) is 9.73. The summed E-state index contributed by atoms with van der Waals surface area (Å²) >= 11 is 0. The molecule has 0 spiro atoms. The maximum Gasteiger partial charge on any atom is 0.257 e. The first kappa shape index (κ1) is 18.9. The fraction of sp³-hybridized carbons (Fsp3) is 0.737. The highest BCUT2D eigenvalue weighted by molar-refractivity contribution is 5.93. The van der Waals surface area contributed by atoms with Crippen LogP contribution in [0.15, 0.2) is 12.4 Å². The van der Waals surface area contributed by atoms with E-state index in [0.29, 0.717) is 29.9 Å². The molecule has 7 nitrogen and oxygen atoms in total. The van der Waals surface area contributed by atoms with E-state index < -0.39 is 0 Å². The number of rotatable bonds is 6. The molecule has 1 N–H and O–H groups in total. The Kier molecular flexibility index (Phi) is 5.96. The molecule has 0 saturated carbocycles. The molecule has 2 aliphatic rings. The summed E-state index contributed by atoms with van der Waals surface area (Å²) in [7, 11) is 3.61. The molecule has 144 valence electrons. The van der Waals surface area contributed by atoms with Crippen molar-refractivity contribution in [3.8, 4) is 0 Å². The predicted molar refractivity (Wildman–Crippen MR) is 99.7 cm³/mol. The van der Waals surface area contributed by atoms with Crippen molar-refractivity contribution in [2.45, 2.75) is 45.2 Å².